The molecular formula is C18H25N3O4. The average molecular weight is 347 g/mol. The van der Waals surface area contributed by atoms with Crippen molar-refractivity contribution < 1.29 is 14.8 Å². The van der Waals surface area contributed by atoms with E-state index in [1.54, 1.807) is 6.07 Å². The van der Waals surface area contributed by atoms with Crippen molar-refractivity contribution in [2.75, 3.05) is 18.0 Å². The Balaban J connectivity index is 1.86. The van der Waals surface area contributed by atoms with E-state index in [4.69, 9.17) is 0 Å². The number of carbonyl (C=O) groups is 1. The SMILES string of the molecule is O=C(NC1CCCCC1O)c1cc([N+](=O)[O-])ccc1N1CCCCC1. The second kappa shape index (κ2) is 7.82. The van der Waals surface area contributed by atoms with Crippen LogP contribution in [0.3, 0.4) is 0 Å². The van der Waals surface area contributed by atoms with Gasteiger partial charge in [-0.25, -0.2) is 0 Å². The van der Waals surface area contributed by atoms with E-state index in [0.717, 1.165) is 50.9 Å². The van der Waals surface area contributed by atoms with Gasteiger partial charge in [-0.1, -0.05) is 12.8 Å². The summed E-state index contributed by atoms with van der Waals surface area (Å²) in [6, 6.07) is 4.20. The van der Waals surface area contributed by atoms with Gasteiger partial charge in [0.15, 0.2) is 0 Å². The highest BCUT2D eigenvalue weighted by Gasteiger charge is 2.27. The van der Waals surface area contributed by atoms with E-state index in [9.17, 15) is 20.0 Å². The van der Waals surface area contributed by atoms with Crippen LogP contribution in [0.1, 0.15) is 55.3 Å². The van der Waals surface area contributed by atoms with E-state index in [0.29, 0.717) is 12.0 Å². The van der Waals surface area contributed by atoms with Gasteiger partial charge in [0.1, 0.15) is 0 Å². The molecule has 1 aliphatic carbocycles. The van der Waals surface area contributed by atoms with Gasteiger partial charge >= 0.3 is 0 Å². The second-order valence-electron chi connectivity index (χ2n) is 6.94. The Morgan fingerprint density at radius 3 is 2.56 bits per heavy atom. The number of rotatable bonds is 4. The third-order valence-corrected chi connectivity index (χ3v) is 5.18. The van der Waals surface area contributed by atoms with Crippen LogP contribution in [0.25, 0.3) is 0 Å². The molecule has 2 atom stereocenters. The second-order valence-corrected chi connectivity index (χ2v) is 6.94. The first kappa shape index (κ1) is 17.7. The molecule has 2 N–H and O–H groups in total. The molecule has 0 spiro atoms. The minimum atomic E-state index is -0.546. The summed E-state index contributed by atoms with van der Waals surface area (Å²) >= 11 is 0. The number of nitrogens with zero attached hydrogens (tertiary/aromatic N) is 2. The van der Waals surface area contributed by atoms with Gasteiger partial charge in [-0.2, -0.15) is 0 Å². The summed E-state index contributed by atoms with van der Waals surface area (Å²) < 4.78 is 0. The lowest BCUT2D eigenvalue weighted by Gasteiger charge is -2.32. The van der Waals surface area contributed by atoms with Gasteiger partial charge in [0.2, 0.25) is 0 Å². The molecule has 25 heavy (non-hydrogen) atoms. The molecule has 1 saturated carbocycles. The molecule has 0 bridgehead atoms. The zero-order chi connectivity index (χ0) is 17.8. The van der Waals surface area contributed by atoms with Gasteiger partial charge in [-0.3, -0.25) is 14.9 Å². The highest BCUT2D eigenvalue weighted by atomic mass is 16.6. The molecule has 7 nitrogen and oxygen atoms in total. The highest BCUT2D eigenvalue weighted by Crippen LogP contribution is 2.28. The first-order valence-corrected chi connectivity index (χ1v) is 9.08. The lowest BCUT2D eigenvalue weighted by molar-refractivity contribution is -0.384. The van der Waals surface area contributed by atoms with Crippen LogP contribution in [0.5, 0.6) is 0 Å². The normalized spacial score (nSPS) is 24.0. The van der Waals surface area contributed by atoms with Crippen molar-refractivity contribution >= 4 is 17.3 Å². The molecule has 1 aromatic rings. The summed E-state index contributed by atoms with van der Waals surface area (Å²) in [4.78, 5) is 25.6. The zero-order valence-electron chi connectivity index (χ0n) is 14.3. The molecule has 1 heterocycles. The number of aliphatic hydroxyl groups is 1. The number of aliphatic hydroxyl groups excluding tert-OH is 1. The minimum absolute atomic E-state index is 0.0879. The number of carbonyl (C=O) groups excluding carboxylic acids is 1. The molecule has 1 aromatic carbocycles. The number of hydrogen-bond acceptors (Lipinski definition) is 5. The zero-order valence-corrected chi connectivity index (χ0v) is 14.3. The Hall–Kier alpha value is -2.15. The summed E-state index contributed by atoms with van der Waals surface area (Å²) in [5.74, 6) is -0.338. The molecule has 0 radical (unpaired) electrons. The van der Waals surface area contributed by atoms with Crippen LogP contribution in [0.15, 0.2) is 18.2 Å². The maximum Gasteiger partial charge on any atom is 0.270 e. The Labute approximate surface area is 147 Å². The van der Waals surface area contributed by atoms with Crippen LogP contribution in [0.4, 0.5) is 11.4 Å². The number of piperidine rings is 1. The minimum Gasteiger partial charge on any atom is -0.391 e. The third kappa shape index (κ3) is 4.10. The van der Waals surface area contributed by atoms with E-state index in [2.05, 4.69) is 10.2 Å². The number of benzene rings is 1. The summed E-state index contributed by atoms with van der Waals surface area (Å²) in [5.41, 5.74) is 0.983. The molecule has 2 unspecified atom stereocenters. The Bertz CT molecular complexity index is 643. The van der Waals surface area contributed by atoms with Crippen LogP contribution in [0, 0.1) is 10.1 Å². The fraction of sp³-hybridized carbons (Fsp3) is 0.611. The number of nitrogens with one attached hydrogen (secondary N) is 1. The fourth-order valence-electron chi connectivity index (χ4n) is 3.76. The summed E-state index contributed by atoms with van der Waals surface area (Å²) in [6.45, 7) is 1.70. The van der Waals surface area contributed by atoms with Crippen LogP contribution in [0.2, 0.25) is 0 Å². The van der Waals surface area contributed by atoms with Crippen molar-refractivity contribution in [3.63, 3.8) is 0 Å². The molecule has 2 fully saturated rings. The van der Waals surface area contributed by atoms with E-state index >= 15 is 0 Å². The number of anilines is 1. The topological polar surface area (TPSA) is 95.7 Å². The smallest absolute Gasteiger partial charge is 0.270 e. The predicted octanol–water partition coefficient (Wildman–Crippen LogP) is 2.62. The summed E-state index contributed by atoms with van der Waals surface area (Å²) in [5, 5.41) is 24.1. The first-order valence-electron chi connectivity index (χ1n) is 9.08. The predicted molar refractivity (Wildman–Crippen MR) is 94.9 cm³/mol. The van der Waals surface area contributed by atoms with Crippen LogP contribution in [-0.4, -0.2) is 41.2 Å². The molecule has 1 amide bonds. The number of amides is 1. The molecule has 136 valence electrons. The van der Waals surface area contributed by atoms with Crippen molar-refractivity contribution in [2.45, 2.75) is 57.1 Å². The van der Waals surface area contributed by atoms with Crippen LogP contribution < -0.4 is 10.2 Å². The molecule has 0 aromatic heterocycles. The number of hydrogen-bond donors (Lipinski definition) is 2. The summed E-state index contributed by atoms with van der Waals surface area (Å²) in [6.07, 6.45) is 6.08. The van der Waals surface area contributed by atoms with E-state index in [1.165, 1.54) is 18.6 Å². The maximum atomic E-state index is 12.8. The van der Waals surface area contributed by atoms with Crippen molar-refractivity contribution in [3.8, 4) is 0 Å². The van der Waals surface area contributed by atoms with Gasteiger partial charge < -0.3 is 15.3 Å². The van der Waals surface area contributed by atoms with Crippen molar-refractivity contribution in [1.82, 2.24) is 5.32 Å². The largest absolute Gasteiger partial charge is 0.391 e. The van der Waals surface area contributed by atoms with Gasteiger partial charge in [-0.05, 0) is 38.2 Å². The quantitative estimate of drug-likeness (QED) is 0.645. The maximum absolute atomic E-state index is 12.8. The highest BCUT2D eigenvalue weighted by molar-refractivity contribution is 6.00. The van der Waals surface area contributed by atoms with Crippen molar-refractivity contribution in [2.24, 2.45) is 0 Å². The van der Waals surface area contributed by atoms with Crippen LogP contribution in [-0.2, 0) is 0 Å². The van der Waals surface area contributed by atoms with E-state index in [1.807, 2.05) is 0 Å². The molecule has 2 aliphatic rings. The first-order chi connectivity index (χ1) is 12.1. The fourth-order valence-corrected chi connectivity index (χ4v) is 3.76. The lowest BCUT2D eigenvalue weighted by atomic mass is 9.92. The molecule has 7 heteroatoms. The Morgan fingerprint density at radius 2 is 1.88 bits per heavy atom. The Morgan fingerprint density at radius 1 is 1.16 bits per heavy atom. The van der Waals surface area contributed by atoms with Gasteiger partial charge in [-0.15, -0.1) is 0 Å². The number of nitro groups is 1. The third-order valence-electron chi connectivity index (χ3n) is 5.18. The molecule has 1 saturated heterocycles. The average Bonchev–Trinajstić information content (AvgIpc) is 2.63. The van der Waals surface area contributed by atoms with Gasteiger partial charge in [0.25, 0.3) is 11.6 Å². The molecular weight excluding hydrogens is 322 g/mol. The van der Waals surface area contributed by atoms with Crippen LogP contribution >= 0.6 is 0 Å². The van der Waals surface area contributed by atoms with Gasteiger partial charge in [0, 0.05) is 25.2 Å². The lowest BCUT2D eigenvalue weighted by Crippen LogP contribution is -2.45. The Kier molecular flexibility index (Phi) is 5.53. The van der Waals surface area contributed by atoms with Gasteiger partial charge in [0.05, 0.1) is 28.3 Å². The standard InChI is InChI=1S/C18H25N3O4/c22-17-7-3-2-6-15(17)19-18(23)14-12-13(21(24)25)8-9-16(14)20-10-4-1-5-11-20/h8-9,12,15,17,22H,1-7,10-11H2,(H,19,23). The van der Waals surface area contributed by atoms with E-state index in [-0.39, 0.29) is 17.6 Å². The number of nitro benzene ring substituents is 1. The monoisotopic (exact) mass is 347 g/mol. The number of non-ortho nitro benzene ring substituents is 1. The van der Waals surface area contributed by atoms with Crippen molar-refractivity contribution in [3.05, 3.63) is 33.9 Å². The summed E-state index contributed by atoms with van der Waals surface area (Å²) in [7, 11) is 0. The van der Waals surface area contributed by atoms with E-state index < -0.39 is 11.0 Å². The molecule has 1 aliphatic heterocycles. The van der Waals surface area contributed by atoms with Crippen molar-refractivity contribution in [1.29, 1.82) is 0 Å². The molecule has 3 rings (SSSR count).